The van der Waals surface area contributed by atoms with Crippen LogP contribution in [0.25, 0.3) is 10.9 Å². The van der Waals surface area contributed by atoms with Crippen LogP contribution in [-0.4, -0.2) is 51.8 Å². The number of esters is 1. The number of thioether (sulfide) groups is 1. The number of hydrogen-bond donors (Lipinski definition) is 1. The lowest BCUT2D eigenvalue weighted by molar-refractivity contribution is -0.146. The monoisotopic (exact) mass is 346 g/mol. The third kappa shape index (κ3) is 3.46. The van der Waals surface area contributed by atoms with E-state index in [1.54, 1.807) is 18.0 Å². The van der Waals surface area contributed by atoms with Crippen LogP contribution in [0.4, 0.5) is 4.79 Å². The molecule has 1 N–H and O–H groups in total. The number of Topliss-reactive ketones (excluding diaryl/α,β-unsaturated/α-hetero) is 1. The highest BCUT2D eigenvalue weighted by atomic mass is 32.2. The molecular formula is C17H18N2O4S. The Morgan fingerprint density at radius 2 is 2.17 bits per heavy atom. The zero-order valence-electron chi connectivity index (χ0n) is 13.3. The first-order valence-electron chi connectivity index (χ1n) is 7.78. The summed E-state index contributed by atoms with van der Waals surface area (Å²) in [6, 6.07) is 7.47. The molecule has 6 nitrogen and oxygen atoms in total. The number of nitrogens with zero attached hydrogens (tertiary/aromatic N) is 1. The molecule has 1 aromatic carbocycles. The number of hydrogen-bond acceptors (Lipinski definition) is 5. The minimum absolute atomic E-state index is 0.00859. The van der Waals surface area contributed by atoms with E-state index in [2.05, 4.69) is 4.98 Å². The van der Waals surface area contributed by atoms with Crippen molar-refractivity contribution in [1.29, 1.82) is 0 Å². The molecule has 0 radical (unpaired) electrons. The second-order valence-electron chi connectivity index (χ2n) is 5.60. The minimum atomic E-state index is -0.861. The molecule has 2 heterocycles. The van der Waals surface area contributed by atoms with Crippen molar-refractivity contribution in [2.75, 3.05) is 18.8 Å². The summed E-state index contributed by atoms with van der Waals surface area (Å²) in [5, 5.41) is 0.802. The number of amides is 1. The van der Waals surface area contributed by atoms with Crippen molar-refractivity contribution >= 4 is 39.7 Å². The third-order valence-corrected chi connectivity index (χ3v) is 4.85. The Kier molecular flexibility index (Phi) is 4.89. The topological polar surface area (TPSA) is 79.5 Å². The molecule has 0 aliphatic carbocycles. The van der Waals surface area contributed by atoms with Crippen LogP contribution >= 0.6 is 11.8 Å². The van der Waals surface area contributed by atoms with Gasteiger partial charge in [-0.2, -0.15) is 0 Å². The molecule has 1 aliphatic rings. The van der Waals surface area contributed by atoms with Gasteiger partial charge in [-0.3, -0.25) is 14.4 Å². The second kappa shape index (κ2) is 7.09. The van der Waals surface area contributed by atoms with Gasteiger partial charge in [-0.25, -0.2) is 0 Å². The van der Waals surface area contributed by atoms with Crippen molar-refractivity contribution in [2.24, 2.45) is 0 Å². The van der Waals surface area contributed by atoms with Gasteiger partial charge in [0.1, 0.15) is 0 Å². The van der Waals surface area contributed by atoms with Crippen LogP contribution in [0.1, 0.15) is 23.7 Å². The van der Waals surface area contributed by atoms with Gasteiger partial charge in [-0.15, -0.1) is 0 Å². The van der Waals surface area contributed by atoms with Crippen molar-refractivity contribution in [3.8, 4) is 0 Å². The van der Waals surface area contributed by atoms with Crippen molar-refractivity contribution in [3.63, 3.8) is 0 Å². The maximum atomic E-state index is 12.5. The van der Waals surface area contributed by atoms with Crippen molar-refractivity contribution < 1.29 is 19.1 Å². The highest BCUT2D eigenvalue weighted by Crippen LogP contribution is 2.20. The van der Waals surface area contributed by atoms with E-state index < -0.39 is 12.1 Å². The molecule has 24 heavy (non-hydrogen) atoms. The van der Waals surface area contributed by atoms with E-state index in [1.807, 2.05) is 24.3 Å². The number of ether oxygens (including phenoxy) is 1. The number of para-hydroxylation sites is 1. The van der Waals surface area contributed by atoms with Gasteiger partial charge in [0.05, 0.1) is 6.42 Å². The van der Waals surface area contributed by atoms with Gasteiger partial charge in [0.15, 0.2) is 6.10 Å². The average molecular weight is 346 g/mol. The van der Waals surface area contributed by atoms with E-state index in [-0.39, 0.29) is 17.4 Å². The molecule has 126 valence electrons. The van der Waals surface area contributed by atoms with Crippen LogP contribution in [0.5, 0.6) is 0 Å². The van der Waals surface area contributed by atoms with E-state index in [4.69, 9.17) is 4.74 Å². The molecule has 0 spiro atoms. The molecule has 3 rings (SSSR count). The van der Waals surface area contributed by atoms with Gasteiger partial charge in [0, 0.05) is 41.5 Å². The summed E-state index contributed by atoms with van der Waals surface area (Å²) in [5.41, 5.74) is 1.38. The Balaban J connectivity index is 1.57. The number of H-pyrrole nitrogens is 1. The van der Waals surface area contributed by atoms with Crippen molar-refractivity contribution in [2.45, 2.75) is 19.4 Å². The fraction of sp³-hybridized carbons (Fsp3) is 0.353. The summed E-state index contributed by atoms with van der Waals surface area (Å²) < 4.78 is 5.23. The normalized spacial score (nSPS) is 15.7. The zero-order chi connectivity index (χ0) is 17.1. The molecule has 1 atom stereocenters. The second-order valence-corrected chi connectivity index (χ2v) is 6.64. The van der Waals surface area contributed by atoms with Gasteiger partial charge >= 0.3 is 5.97 Å². The zero-order valence-corrected chi connectivity index (χ0v) is 14.1. The van der Waals surface area contributed by atoms with E-state index in [9.17, 15) is 14.4 Å². The summed E-state index contributed by atoms with van der Waals surface area (Å²) in [4.78, 5) is 40.6. The molecule has 7 heteroatoms. The average Bonchev–Trinajstić information content (AvgIpc) is 3.18. The Labute approximate surface area is 143 Å². The molecule has 1 saturated heterocycles. The molecule has 0 bridgehead atoms. The van der Waals surface area contributed by atoms with E-state index in [1.165, 1.54) is 11.8 Å². The molecule has 0 saturated carbocycles. The van der Waals surface area contributed by atoms with Crippen LogP contribution in [0.3, 0.4) is 0 Å². The largest absolute Gasteiger partial charge is 0.454 e. The standard InChI is InChI=1S/C17H18N2O4S/c1-11(23-15(20)6-7-19-8-9-24-17(19)22)16(21)13-10-18-14-5-3-2-4-12(13)14/h2-5,10-11,18H,6-9H2,1H3/t11-/m1/s1. The van der Waals surface area contributed by atoms with Crippen LogP contribution in [-0.2, 0) is 9.53 Å². The number of nitrogens with one attached hydrogen (secondary N) is 1. The highest BCUT2D eigenvalue weighted by molar-refractivity contribution is 8.13. The van der Waals surface area contributed by atoms with Crippen LogP contribution in [0, 0.1) is 0 Å². The number of carbonyl (C=O) groups excluding carboxylic acids is 3. The van der Waals surface area contributed by atoms with E-state index >= 15 is 0 Å². The Bertz CT molecular complexity index is 786. The van der Waals surface area contributed by atoms with Gasteiger partial charge in [-0.1, -0.05) is 30.0 Å². The van der Waals surface area contributed by atoms with Crippen molar-refractivity contribution in [3.05, 3.63) is 36.0 Å². The Hall–Kier alpha value is -2.28. The molecule has 1 amide bonds. The smallest absolute Gasteiger partial charge is 0.308 e. The number of rotatable bonds is 6. The Morgan fingerprint density at radius 1 is 1.38 bits per heavy atom. The summed E-state index contributed by atoms with van der Waals surface area (Å²) in [7, 11) is 0. The van der Waals surface area contributed by atoms with Crippen molar-refractivity contribution in [1.82, 2.24) is 9.88 Å². The number of fused-ring (bicyclic) bond motifs is 1. The van der Waals surface area contributed by atoms with E-state index in [0.717, 1.165) is 16.7 Å². The molecule has 1 aliphatic heterocycles. The molecule has 1 aromatic heterocycles. The van der Waals surface area contributed by atoms with Gasteiger partial charge < -0.3 is 14.6 Å². The van der Waals surface area contributed by atoms with Crippen LogP contribution in [0.15, 0.2) is 30.5 Å². The van der Waals surface area contributed by atoms with Gasteiger partial charge in [0.25, 0.3) is 5.24 Å². The summed E-state index contributed by atoms with van der Waals surface area (Å²) >= 11 is 1.25. The lowest BCUT2D eigenvalue weighted by Gasteiger charge is -2.15. The lowest BCUT2D eigenvalue weighted by atomic mass is 10.1. The van der Waals surface area contributed by atoms with Crippen LogP contribution in [0.2, 0.25) is 0 Å². The maximum absolute atomic E-state index is 12.5. The first-order valence-corrected chi connectivity index (χ1v) is 8.76. The number of aromatic nitrogens is 1. The lowest BCUT2D eigenvalue weighted by Crippen LogP contribution is -2.29. The quantitative estimate of drug-likeness (QED) is 0.643. The minimum Gasteiger partial charge on any atom is -0.454 e. The summed E-state index contributed by atoms with van der Waals surface area (Å²) in [6.07, 6.45) is 0.871. The van der Waals surface area contributed by atoms with Crippen LogP contribution < -0.4 is 0 Å². The predicted molar refractivity (Wildman–Crippen MR) is 92.2 cm³/mol. The maximum Gasteiger partial charge on any atom is 0.308 e. The van der Waals surface area contributed by atoms with E-state index in [0.29, 0.717) is 18.7 Å². The number of aromatic amines is 1. The first kappa shape index (κ1) is 16.6. The first-order chi connectivity index (χ1) is 11.6. The summed E-state index contributed by atoms with van der Waals surface area (Å²) in [5.74, 6) is 0.0394. The number of ketones is 1. The Morgan fingerprint density at radius 3 is 2.92 bits per heavy atom. The van der Waals surface area contributed by atoms with Gasteiger partial charge in [-0.05, 0) is 13.0 Å². The fourth-order valence-corrected chi connectivity index (χ4v) is 3.51. The van der Waals surface area contributed by atoms with Gasteiger partial charge in [0.2, 0.25) is 5.78 Å². The number of benzene rings is 1. The number of carbonyl (C=O) groups is 3. The molecular weight excluding hydrogens is 328 g/mol. The third-order valence-electron chi connectivity index (χ3n) is 3.96. The molecule has 0 unspecified atom stereocenters. The fourth-order valence-electron chi connectivity index (χ4n) is 2.66. The summed E-state index contributed by atoms with van der Waals surface area (Å²) in [6.45, 7) is 2.55. The molecule has 2 aromatic rings. The molecule has 1 fully saturated rings. The predicted octanol–water partition coefficient (Wildman–Crippen LogP) is 2.84. The SMILES string of the molecule is C[C@@H](OC(=O)CCN1CCSC1=O)C(=O)c1c[nH]c2ccccc12. The highest BCUT2D eigenvalue weighted by Gasteiger charge is 2.24.